The molecule has 2 aromatic rings. The van der Waals surface area contributed by atoms with Crippen LogP contribution in [0, 0.1) is 5.92 Å². The summed E-state index contributed by atoms with van der Waals surface area (Å²) in [7, 11) is 0. The molecule has 6 nitrogen and oxygen atoms in total. The van der Waals surface area contributed by atoms with Crippen LogP contribution < -0.4 is 16.4 Å². The number of nitrogens with two attached hydrogens (primary N) is 1. The summed E-state index contributed by atoms with van der Waals surface area (Å²) in [6.07, 6.45) is 11.3. The second kappa shape index (κ2) is 7.43. The van der Waals surface area contributed by atoms with Crippen LogP contribution in [0.1, 0.15) is 24.1 Å². The third-order valence-corrected chi connectivity index (χ3v) is 5.41. The number of hydrogen-bond donors (Lipinski definition) is 3. The van der Waals surface area contributed by atoms with Crippen LogP contribution in [0.3, 0.4) is 0 Å². The van der Waals surface area contributed by atoms with Gasteiger partial charge in [0.2, 0.25) is 0 Å². The van der Waals surface area contributed by atoms with Crippen molar-refractivity contribution in [3.8, 4) is 0 Å². The van der Waals surface area contributed by atoms with Crippen molar-refractivity contribution >= 4 is 5.82 Å². The molecular weight excluding hydrogens is 326 g/mol. The van der Waals surface area contributed by atoms with Crippen molar-refractivity contribution in [1.29, 1.82) is 0 Å². The Kier molecular flexibility index (Phi) is 4.86. The molecular formula is C20H25N5O. The molecule has 0 radical (unpaired) electrons. The number of nitrogens with zero attached hydrogens (tertiary/aromatic N) is 2. The first-order valence-corrected chi connectivity index (χ1v) is 9.22. The van der Waals surface area contributed by atoms with Gasteiger partial charge in [0.15, 0.2) is 11.5 Å². The minimum Gasteiger partial charge on any atom is -0.379 e. The third kappa shape index (κ3) is 3.43. The Hall–Kier alpha value is -2.44. The van der Waals surface area contributed by atoms with Crippen molar-refractivity contribution in [2.45, 2.75) is 30.8 Å². The zero-order chi connectivity index (χ0) is 17.8. The molecule has 1 aliphatic carbocycles. The van der Waals surface area contributed by atoms with E-state index >= 15 is 0 Å². The molecule has 4 rings (SSSR count). The largest absolute Gasteiger partial charge is 0.379 e. The molecule has 2 heterocycles. The molecule has 2 aliphatic rings. The van der Waals surface area contributed by atoms with Gasteiger partial charge in [-0.15, -0.1) is 0 Å². The Labute approximate surface area is 153 Å². The molecule has 1 aliphatic heterocycles. The van der Waals surface area contributed by atoms with Crippen LogP contribution in [-0.2, 0) is 12.0 Å². The van der Waals surface area contributed by atoms with Crippen LogP contribution in [0.25, 0.3) is 0 Å². The predicted octanol–water partition coefficient (Wildman–Crippen LogP) is 2.17. The van der Waals surface area contributed by atoms with Gasteiger partial charge >= 0.3 is 0 Å². The number of anilines is 1. The van der Waals surface area contributed by atoms with E-state index in [1.54, 1.807) is 0 Å². The van der Waals surface area contributed by atoms with Crippen LogP contribution >= 0.6 is 0 Å². The molecule has 6 heteroatoms. The summed E-state index contributed by atoms with van der Waals surface area (Å²) < 4.78 is 4.90. The van der Waals surface area contributed by atoms with Gasteiger partial charge in [-0.25, -0.2) is 4.63 Å². The molecule has 3 unspecified atom stereocenters. The van der Waals surface area contributed by atoms with E-state index in [9.17, 15) is 0 Å². The SMILES string of the molecule is Nc1nonc1C1(NC2CNCCC2Cc2ccccc2)C=CC=CC1. The average Bonchev–Trinajstić information content (AvgIpc) is 3.12. The van der Waals surface area contributed by atoms with Crippen LogP contribution in [0.15, 0.2) is 59.3 Å². The standard InChI is InChI=1S/C20H25N5O/c21-19-18(24-26-25-19)20(10-5-2-6-11-20)23-17-14-22-12-9-16(17)13-15-7-3-1-4-8-15/h1-8,10,16-17,22-23H,9,11-14H2,(H2,21,25). The third-order valence-electron chi connectivity index (χ3n) is 5.41. The molecule has 3 atom stereocenters. The highest BCUT2D eigenvalue weighted by Gasteiger charge is 2.39. The number of nitrogen functional groups attached to an aromatic ring is 1. The summed E-state index contributed by atoms with van der Waals surface area (Å²) >= 11 is 0. The van der Waals surface area contributed by atoms with Crippen molar-refractivity contribution in [3.63, 3.8) is 0 Å². The fourth-order valence-corrected chi connectivity index (χ4v) is 4.05. The molecule has 0 amide bonds. The normalized spacial score (nSPS) is 28.3. The molecule has 4 N–H and O–H groups in total. The lowest BCUT2D eigenvalue weighted by Gasteiger charge is -2.40. The first-order chi connectivity index (χ1) is 12.8. The summed E-state index contributed by atoms with van der Waals surface area (Å²) in [4.78, 5) is 0. The molecule has 26 heavy (non-hydrogen) atoms. The first kappa shape index (κ1) is 17.0. The Balaban J connectivity index is 1.58. The fraction of sp³-hybridized carbons (Fsp3) is 0.400. The van der Waals surface area contributed by atoms with Crippen molar-refractivity contribution in [2.24, 2.45) is 5.92 Å². The summed E-state index contributed by atoms with van der Waals surface area (Å²) in [6, 6.07) is 11.0. The van der Waals surface area contributed by atoms with Crippen molar-refractivity contribution in [2.75, 3.05) is 18.8 Å². The number of benzene rings is 1. The molecule has 1 fully saturated rings. The first-order valence-electron chi connectivity index (χ1n) is 9.22. The Morgan fingerprint density at radius 1 is 1.23 bits per heavy atom. The van der Waals surface area contributed by atoms with Crippen molar-refractivity contribution in [1.82, 2.24) is 20.9 Å². The lowest BCUT2D eigenvalue weighted by molar-refractivity contribution is 0.217. The molecule has 0 spiro atoms. The Morgan fingerprint density at radius 3 is 2.85 bits per heavy atom. The van der Waals surface area contributed by atoms with Gasteiger partial charge in [0, 0.05) is 12.6 Å². The lowest BCUT2D eigenvalue weighted by atomic mass is 9.81. The second-order valence-electron chi connectivity index (χ2n) is 7.15. The zero-order valence-electron chi connectivity index (χ0n) is 14.8. The number of rotatable bonds is 5. The highest BCUT2D eigenvalue weighted by molar-refractivity contribution is 5.43. The summed E-state index contributed by atoms with van der Waals surface area (Å²) in [6.45, 7) is 1.97. The van der Waals surface area contributed by atoms with E-state index in [-0.39, 0.29) is 0 Å². The van der Waals surface area contributed by atoms with Crippen LogP contribution in [0.4, 0.5) is 5.82 Å². The molecule has 1 aromatic carbocycles. The molecule has 0 saturated carbocycles. The van der Waals surface area contributed by atoms with Crippen LogP contribution in [-0.4, -0.2) is 29.4 Å². The highest BCUT2D eigenvalue weighted by atomic mass is 16.6. The summed E-state index contributed by atoms with van der Waals surface area (Å²) in [5, 5.41) is 15.3. The van der Waals surface area contributed by atoms with Gasteiger partial charge in [-0.2, -0.15) is 0 Å². The minimum absolute atomic E-state index is 0.302. The van der Waals surface area contributed by atoms with Crippen LogP contribution in [0.5, 0.6) is 0 Å². The monoisotopic (exact) mass is 351 g/mol. The Morgan fingerprint density at radius 2 is 2.12 bits per heavy atom. The number of nitrogens with one attached hydrogen (secondary N) is 2. The minimum atomic E-state index is -0.475. The number of hydrogen-bond acceptors (Lipinski definition) is 6. The smallest absolute Gasteiger partial charge is 0.193 e. The highest BCUT2D eigenvalue weighted by Crippen LogP contribution is 2.34. The van der Waals surface area contributed by atoms with Gasteiger partial charge in [0.05, 0.1) is 5.54 Å². The van der Waals surface area contributed by atoms with E-state index in [4.69, 9.17) is 10.4 Å². The van der Waals surface area contributed by atoms with Crippen molar-refractivity contribution in [3.05, 3.63) is 65.9 Å². The molecule has 1 aromatic heterocycles. The number of aromatic nitrogens is 2. The van der Waals surface area contributed by atoms with Gasteiger partial charge < -0.3 is 11.1 Å². The average molecular weight is 351 g/mol. The fourth-order valence-electron chi connectivity index (χ4n) is 4.05. The van der Waals surface area contributed by atoms with Gasteiger partial charge in [0.25, 0.3) is 0 Å². The van der Waals surface area contributed by atoms with Gasteiger partial charge in [-0.3, -0.25) is 5.32 Å². The van der Waals surface area contributed by atoms with E-state index in [1.807, 2.05) is 12.2 Å². The van der Waals surface area contributed by atoms with E-state index in [1.165, 1.54) is 5.56 Å². The lowest BCUT2D eigenvalue weighted by Crippen LogP contribution is -2.57. The predicted molar refractivity (Wildman–Crippen MR) is 101 cm³/mol. The second-order valence-corrected chi connectivity index (χ2v) is 7.15. The number of piperidine rings is 1. The Bertz CT molecular complexity index is 785. The topological polar surface area (TPSA) is 89.0 Å². The van der Waals surface area contributed by atoms with Crippen molar-refractivity contribution < 1.29 is 4.63 Å². The van der Waals surface area contributed by atoms with Gasteiger partial charge in [0.1, 0.15) is 0 Å². The quantitative estimate of drug-likeness (QED) is 0.765. The van der Waals surface area contributed by atoms with Crippen LogP contribution in [0.2, 0.25) is 0 Å². The zero-order valence-corrected chi connectivity index (χ0v) is 14.8. The summed E-state index contributed by atoms with van der Waals surface area (Å²) in [5.41, 5.74) is 7.61. The summed E-state index contributed by atoms with van der Waals surface area (Å²) in [5.74, 6) is 0.886. The van der Waals surface area contributed by atoms with E-state index < -0.39 is 5.54 Å². The maximum absolute atomic E-state index is 6.04. The maximum atomic E-state index is 6.04. The molecule has 1 saturated heterocycles. The maximum Gasteiger partial charge on any atom is 0.193 e. The molecule has 136 valence electrons. The van der Waals surface area contributed by atoms with Gasteiger partial charge in [-0.1, -0.05) is 59.8 Å². The van der Waals surface area contributed by atoms with Gasteiger partial charge in [-0.05, 0) is 42.4 Å². The number of allylic oxidation sites excluding steroid dienone is 2. The van der Waals surface area contributed by atoms with E-state index in [0.29, 0.717) is 23.5 Å². The van der Waals surface area contributed by atoms with E-state index in [2.05, 4.69) is 63.4 Å². The van der Waals surface area contributed by atoms with E-state index in [0.717, 1.165) is 32.4 Å². The molecule has 0 bridgehead atoms.